The van der Waals surface area contributed by atoms with Crippen LogP contribution in [0.2, 0.25) is 0 Å². The Morgan fingerprint density at radius 2 is 1.92 bits per heavy atom. The van der Waals surface area contributed by atoms with Crippen molar-refractivity contribution >= 4 is 33.3 Å². The lowest BCUT2D eigenvalue weighted by Crippen LogP contribution is -2.49. The molecule has 1 fully saturated rings. The maximum atomic E-state index is 12.9. The summed E-state index contributed by atoms with van der Waals surface area (Å²) in [5, 5.41) is 4.17. The van der Waals surface area contributed by atoms with Gasteiger partial charge in [0, 0.05) is 48.8 Å². The van der Waals surface area contributed by atoms with Gasteiger partial charge in [0.25, 0.3) is 0 Å². The Labute approximate surface area is 157 Å². The molecule has 6 heteroatoms. The highest BCUT2D eigenvalue weighted by Crippen LogP contribution is 2.24. The van der Waals surface area contributed by atoms with Crippen molar-refractivity contribution in [3.8, 4) is 0 Å². The van der Waals surface area contributed by atoms with Crippen molar-refractivity contribution in [2.24, 2.45) is 0 Å². The summed E-state index contributed by atoms with van der Waals surface area (Å²) in [5.41, 5.74) is 4.19. The average Bonchev–Trinajstić information content (AvgIpc) is 3.20. The largest absolute Gasteiger partial charge is 0.345 e. The van der Waals surface area contributed by atoms with E-state index in [0.717, 1.165) is 53.5 Å². The van der Waals surface area contributed by atoms with Gasteiger partial charge in [0.05, 0.1) is 11.9 Å². The predicted molar refractivity (Wildman–Crippen MR) is 106 cm³/mol. The zero-order chi connectivity index (χ0) is 18.1. The second kappa shape index (κ2) is 7.03. The Bertz CT molecular complexity index is 930. The van der Waals surface area contributed by atoms with Crippen molar-refractivity contribution < 1.29 is 4.79 Å². The number of nitrogens with zero attached hydrogens (tertiary/aromatic N) is 4. The number of hydrogen-bond acceptors (Lipinski definition) is 5. The molecule has 1 amide bonds. The molecule has 1 saturated heterocycles. The highest BCUT2D eigenvalue weighted by molar-refractivity contribution is 7.13. The Kier molecular flexibility index (Phi) is 4.59. The molecule has 3 heterocycles. The molecule has 0 aliphatic carbocycles. The predicted octanol–water partition coefficient (Wildman–Crippen LogP) is 3.20. The van der Waals surface area contributed by atoms with Crippen LogP contribution in [0, 0.1) is 13.8 Å². The van der Waals surface area contributed by atoms with E-state index >= 15 is 0 Å². The van der Waals surface area contributed by atoms with Gasteiger partial charge in [0.1, 0.15) is 0 Å². The number of amides is 1. The van der Waals surface area contributed by atoms with Crippen molar-refractivity contribution in [3.63, 3.8) is 0 Å². The monoisotopic (exact) mass is 366 g/mol. The lowest BCUT2D eigenvalue weighted by molar-refractivity contribution is -0.130. The summed E-state index contributed by atoms with van der Waals surface area (Å²) in [5.74, 6) is 0.187. The number of aromatic nitrogens is 2. The molecule has 134 valence electrons. The molecule has 2 aromatic heterocycles. The van der Waals surface area contributed by atoms with Crippen LogP contribution < -0.4 is 4.90 Å². The first-order valence-corrected chi connectivity index (χ1v) is 9.78. The minimum atomic E-state index is 0.187. The first kappa shape index (κ1) is 17.0. The van der Waals surface area contributed by atoms with E-state index in [1.807, 2.05) is 41.6 Å². The quantitative estimate of drug-likeness (QED) is 0.714. The second-order valence-electron chi connectivity index (χ2n) is 6.68. The van der Waals surface area contributed by atoms with Gasteiger partial charge in [-0.25, -0.2) is 4.98 Å². The second-order valence-corrected chi connectivity index (χ2v) is 7.55. The molecule has 0 bridgehead atoms. The first-order valence-electron chi connectivity index (χ1n) is 8.90. The third-order valence-corrected chi connectivity index (χ3v) is 5.97. The number of pyridine rings is 1. The molecule has 4 rings (SSSR count). The highest BCUT2D eigenvalue weighted by Gasteiger charge is 2.23. The lowest BCUT2D eigenvalue weighted by atomic mass is 9.99. The van der Waals surface area contributed by atoms with Crippen molar-refractivity contribution in [3.05, 3.63) is 52.7 Å². The topological polar surface area (TPSA) is 49.3 Å². The van der Waals surface area contributed by atoms with Crippen LogP contribution in [0.5, 0.6) is 0 Å². The molecule has 0 N–H and O–H groups in total. The molecule has 0 atom stereocenters. The molecule has 1 aliphatic heterocycles. The fourth-order valence-electron chi connectivity index (χ4n) is 3.61. The van der Waals surface area contributed by atoms with Crippen LogP contribution in [0.15, 0.2) is 35.8 Å². The normalized spacial score (nSPS) is 14.8. The molecular weight excluding hydrogens is 344 g/mol. The number of fused-ring (bicyclic) bond motifs is 1. The Hall–Kier alpha value is -2.47. The van der Waals surface area contributed by atoms with E-state index < -0.39 is 0 Å². The first-order chi connectivity index (χ1) is 12.6. The van der Waals surface area contributed by atoms with Gasteiger partial charge in [0.15, 0.2) is 5.13 Å². The van der Waals surface area contributed by atoms with Crippen LogP contribution in [0.3, 0.4) is 0 Å². The molecule has 26 heavy (non-hydrogen) atoms. The van der Waals surface area contributed by atoms with Crippen molar-refractivity contribution in [2.45, 2.75) is 20.3 Å². The SMILES string of the molecule is Cc1nc2ccccc2c(C)c1CC(=O)N1CCN(c2nccs2)CC1. The molecule has 0 spiro atoms. The third kappa shape index (κ3) is 3.17. The van der Waals surface area contributed by atoms with Crippen LogP contribution >= 0.6 is 11.3 Å². The van der Waals surface area contributed by atoms with Gasteiger partial charge in [0.2, 0.25) is 5.91 Å². The molecule has 5 nitrogen and oxygen atoms in total. The maximum absolute atomic E-state index is 12.9. The van der Waals surface area contributed by atoms with Gasteiger partial charge in [-0.1, -0.05) is 18.2 Å². The summed E-state index contributed by atoms with van der Waals surface area (Å²) in [4.78, 5) is 26.1. The van der Waals surface area contributed by atoms with Crippen molar-refractivity contribution in [2.75, 3.05) is 31.1 Å². The smallest absolute Gasteiger partial charge is 0.227 e. The molecule has 0 saturated carbocycles. The summed E-state index contributed by atoms with van der Waals surface area (Å²) in [7, 11) is 0. The average molecular weight is 366 g/mol. The van der Waals surface area contributed by atoms with E-state index in [1.54, 1.807) is 11.3 Å². The van der Waals surface area contributed by atoms with Crippen LogP contribution in [-0.2, 0) is 11.2 Å². The molecule has 1 aliphatic rings. The highest BCUT2D eigenvalue weighted by atomic mass is 32.1. The lowest BCUT2D eigenvalue weighted by Gasteiger charge is -2.34. The zero-order valence-electron chi connectivity index (χ0n) is 15.1. The number of anilines is 1. The fourth-order valence-corrected chi connectivity index (χ4v) is 4.31. The van der Waals surface area contributed by atoms with E-state index in [9.17, 15) is 4.79 Å². The van der Waals surface area contributed by atoms with Gasteiger partial charge >= 0.3 is 0 Å². The van der Waals surface area contributed by atoms with Gasteiger partial charge < -0.3 is 9.80 Å². The molecule has 0 unspecified atom stereocenters. The number of aryl methyl sites for hydroxylation is 2. The number of carbonyl (C=O) groups is 1. The number of para-hydroxylation sites is 1. The van der Waals surface area contributed by atoms with E-state index in [1.165, 1.54) is 5.56 Å². The molecule has 3 aromatic rings. The number of rotatable bonds is 3. The molecule has 0 radical (unpaired) electrons. The minimum absolute atomic E-state index is 0.187. The van der Waals surface area contributed by atoms with Crippen LogP contribution in [0.4, 0.5) is 5.13 Å². The molecular formula is C20H22N4OS. The van der Waals surface area contributed by atoms with Gasteiger partial charge in [-0.05, 0) is 31.0 Å². The summed E-state index contributed by atoms with van der Waals surface area (Å²) in [6.07, 6.45) is 2.25. The maximum Gasteiger partial charge on any atom is 0.227 e. The van der Waals surface area contributed by atoms with Crippen LogP contribution in [0.25, 0.3) is 10.9 Å². The number of benzene rings is 1. The number of thiazole rings is 1. The van der Waals surface area contributed by atoms with Crippen LogP contribution in [-0.4, -0.2) is 47.0 Å². The summed E-state index contributed by atoms with van der Waals surface area (Å²) in [6.45, 7) is 7.28. The van der Waals surface area contributed by atoms with E-state index in [2.05, 4.69) is 22.9 Å². The van der Waals surface area contributed by atoms with Crippen molar-refractivity contribution in [1.29, 1.82) is 0 Å². The van der Waals surface area contributed by atoms with Crippen LogP contribution in [0.1, 0.15) is 16.8 Å². The summed E-state index contributed by atoms with van der Waals surface area (Å²) >= 11 is 1.65. The molecule has 1 aromatic carbocycles. The van der Waals surface area contributed by atoms with Gasteiger partial charge in [-0.15, -0.1) is 11.3 Å². The number of hydrogen-bond donors (Lipinski definition) is 0. The Morgan fingerprint density at radius 3 is 2.65 bits per heavy atom. The van der Waals surface area contributed by atoms with E-state index in [-0.39, 0.29) is 5.91 Å². The third-order valence-electron chi connectivity index (χ3n) is 5.14. The van der Waals surface area contributed by atoms with Crippen molar-refractivity contribution in [1.82, 2.24) is 14.9 Å². The summed E-state index contributed by atoms with van der Waals surface area (Å²) in [6, 6.07) is 8.13. The zero-order valence-corrected chi connectivity index (χ0v) is 15.9. The standard InChI is InChI=1S/C20H22N4OS/c1-14-16-5-3-4-6-18(16)22-15(2)17(14)13-19(25)23-8-10-24(11-9-23)20-21-7-12-26-20/h3-7,12H,8-11,13H2,1-2H3. The van der Waals surface area contributed by atoms with E-state index in [4.69, 9.17) is 4.98 Å². The minimum Gasteiger partial charge on any atom is -0.345 e. The van der Waals surface area contributed by atoms with Gasteiger partial charge in [-0.3, -0.25) is 9.78 Å². The van der Waals surface area contributed by atoms with E-state index in [0.29, 0.717) is 6.42 Å². The fraction of sp³-hybridized carbons (Fsp3) is 0.350. The number of piperazine rings is 1. The Morgan fingerprint density at radius 1 is 1.15 bits per heavy atom. The van der Waals surface area contributed by atoms with Gasteiger partial charge in [-0.2, -0.15) is 0 Å². The number of carbonyl (C=O) groups excluding carboxylic acids is 1. The Balaban J connectivity index is 1.48. The summed E-state index contributed by atoms with van der Waals surface area (Å²) < 4.78 is 0.